The van der Waals surface area contributed by atoms with Crippen LogP contribution in [0.25, 0.3) is 0 Å². The smallest absolute Gasteiger partial charge is 0.0913 e. The zero-order valence-corrected chi connectivity index (χ0v) is 4.82. The van der Waals surface area contributed by atoms with Gasteiger partial charge in [0.1, 0.15) is 0 Å². The Labute approximate surface area is 44.7 Å². The van der Waals surface area contributed by atoms with Crippen molar-refractivity contribution in [3.63, 3.8) is 0 Å². The summed E-state index contributed by atoms with van der Waals surface area (Å²) in [5.74, 6) is 0. The lowest BCUT2D eigenvalue weighted by Crippen LogP contribution is -1.63. The van der Waals surface area contributed by atoms with Crippen LogP contribution in [0.2, 0.25) is 0 Å². The van der Waals surface area contributed by atoms with Gasteiger partial charge in [-0.25, -0.2) is 0 Å². The maximum atomic E-state index is 6.61. The van der Waals surface area contributed by atoms with Crippen LogP contribution in [0.5, 0.6) is 0 Å². The predicted molar refractivity (Wildman–Crippen MR) is 31.9 cm³/mol. The maximum absolute atomic E-state index is 6.61. The molecule has 28 valence electrons. The third-order valence-electron chi connectivity index (χ3n) is 0.179. The second kappa shape index (κ2) is 2.38. The minimum atomic E-state index is 0.489. The first-order valence-corrected chi connectivity index (χ1v) is 2.21. The predicted octanol–water partition coefficient (Wildman–Crippen LogP) is 1.58. The Morgan fingerprint density at radius 1 is 2.00 bits per heavy atom. The lowest BCUT2D eigenvalue weighted by Gasteiger charge is -1.66. The monoisotopic (exact) mass is 181 g/mol. The molecule has 0 aromatic heterocycles. The SMILES string of the molecule is C=CC(=N)I. The minimum Gasteiger partial charge on any atom is -0.294 e. The van der Waals surface area contributed by atoms with Crippen LogP contribution in [0.15, 0.2) is 12.7 Å². The highest BCUT2D eigenvalue weighted by Crippen LogP contribution is 1.82. The summed E-state index contributed by atoms with van der Waals surface area (Å²) in [6.45, 7) is 3.33. The van der Waals surface area contributed by atoms with Crippen LogP contribution in [-0.2, 0) is 0 Å². The Hall–Kier alpha value is 0.140. The largest absolute Gasteiger partial charge is 0.294 e. The summed E-state index contributed by atoms with van der Waals surface area (Å²) >= 11 is 1.87. The van der Waals surface area contributed by atoms with E-state index >= 15 is 0 Å². The molecule has 0 fully saturated rings. The van der Waals surface area contributed by atoms with Crippen molar-refractivity contribution in [2.75, 3.05) is 0 Å². The van der Waals surface area contributed by atoms with Crippen molar-refractivity contribution in [1.29, 1.82) is 5.41 Å². The van der Waals surface area contributed by atoms with Gasteiger partial charge in [-0.15, -0.1) is 0 Å². The summed E-state index contributed by atoms with van der Waals surface area (Å²) in [7, 11) is 0. The maximum Gasteiger partial charge on any atom is 0.0913 e. The van der Waals surface area contributed by atoms with Gasteiger partial charge >= 0.3 is 0 Å². The molecule has 5 heavy (non-hydrogen) atoms. The normalized spacial score (nSPS) is 6.60. The molecule has 0 unspecified atom stereocenters. The molecule has 1 N–H and O–H groups in total. The molecule has 0 saturated heterocycles. The lowest BCUT2D eigenvalue weighted by molar-refractivity contribution is 1.58. The van der Waals surface area contributed by atoms with Crippen molar-refractivity contribution in [3.05, 3.63) is 12.7 Å². The first-order valence-electron chi connectivity index (χ1n) is 1.14. The van der Waals surface area contributed by atoms with Gasteiger partial charge in [-0.3, -0.25) is 5.41 Å². The van der Waals surface area contributed by atoms with Crippen LogP contribution in [0.1, 0.15) is 0 Å². The summed E-state index contributed by atoms with van der Waals surface area (Å²) in [6.07, 6.45) is 1.49. The quantitative estimate of drug-likeness (QED) is 0.469. The van der Waals surface area contributed by atoms with Crippen molar-refractivity contribution in [1.82, 2.24) is 0 Å². The molecule has 0 bridgehead atoms. The first-order chi connectivity index (χ1) is 2.27. The molecule has 0 heterocycles. The van der Waals surface area contributed by atoms with Gasteiger partial charge < -0.3 is 0 Å². The van der Waals surface area contributed by atoms with Crippen LogP contribution in [0.4, 0.5) is 0 Å². The van der Waals surface area contributed by atoms with Gasteiger partial charge in [0.05, 0.1) is 3.72 Å². The Kier molecular flexibility index (Phi) is 2.45. The molecular weight excluding hydrogens is 177 g/mol. The Bertz CT molecular complexity index is 57.9. The zero-order valence-electron chi connectivity index (χ0n) is 2.66. The average Bonchev–Trinajstić information content (AvgIpc) is 1.38. The first kappa shape index (κ1) is 5.14. The van der Waals surface area contributed by atoms with Gasteiger partial charge in [-0.1, -0.05) is 6.58 Å². The second-order valence-corrected chi connectivity index (χ2v) is 1.71. The number of rotatable bonds is 1. The van der Waals surface area contributed by atoms with E-state index in [4.69, 9.17) is 5.41 Å². The number of nitrogens with one attached hydrogen (secondary N) is 1. The van der Waals surface area contributed by atoms with Gasteiger partial charge in [0, 0.05) is 0 Å². The van der Waals surface area contributed by atoms with Gasteiger partial charge in [0.15, 0.2) is 0 Å². The summed E-state index contributed by atoms with van der Waals surface area (Å²) in [5, 5.41) is 6.61. The highest BCUT2D eigenvalue weighted by atomic mass is 127. The number of allylic oxidation sites excluding steroid dienone is 1. The number of hydrogen-bond donors (Lipinski definition) is 1. The molecule has 0 spiro atoms. The fraction of sp³-hybridized carbons (Fsp3) is 0. The average molecular weight is 181 g/mol. The topological polar surface area (TPSA) is 23.9 Å². The Morgan fingerprint density at radius 2 is 2.20 bits per heavy atom. The fourth-order valence-corrected chi connectivity index (χ4v) is 0. The third kappa shape index (κ3) is 4.14. The fourth-order valence-electron chi connectivity index (χ4n) is 0. The van der Waals surface area contributed by atoms with Crippen LogP contribution < -0.4 is 0 Å². The van der Waals surface area contributed by atoms with Crippen molar-refractivity contribution in [2.45, 2.75) is 0 Å². The number of halogens is 1. The van der Waals surface area contributed by atoms with Gasteiger partial charge in [-0.2, -0.15) is 0 Å². The van der Waals surface area contributed by atoms with E-state index in [2.05, 4.69) is 6.58 Å². The molecule has 0 radical (unpaired) electrons. The van der Waals surface area contributed by atoms with E-state index in [0.29, 0.717) is 3.72 Å². The highest BCUT2D eigenvalue weighted by molar-refractivity contribution is 14.1. The van der Waals surface area contributed by atoms with Gasteiger partial charge in [0.2, 0.25) is 0 Å². The lowest BCUT2D eigenvalue weighted by atomic mass is 10.7. The van der Waals surface area contributed by atoms with Crippen molar-refractivity contribution in [3.8, 4) is 0 Å². The molecule has 0 amide bonds. The molecule has 0 aliphatic rings. The molecule has 0 atom stereocenters. The molecular formula is C3H4IN. The molecule has 0 aromatic rings. The van der Waals surface area contributed by atoms with Crippen LogP contribution >= 0.6 is 22.6 Å². The second-order valence-electron chi connectivity index (χ2n) is 0.552. The van der Waals surface area contributed by atoms with E-state index < -0.39 is 0 Å². The molecule has 1 nitrogen and oxygen atoms in total. The zero-order chi connectivity index (χ0) is 4.28. The van der Waals surface area contributed by atoms with Gasteiger partial charge in [0.25, 0.3) is 0 Å². The highest BCUT2D eigenvalue weighted by Gasteiger charge is 1.66. The van der Waals surface area contributed by atoms with Crippen LogP contribution in [-0.4, -0.2) is 3.72 Å². The minimum absolute atomic E-state index is 0.489. The molecule has 2 heteroatoms. The summed E-state index contributed by atoms with van der Waals surface area (Å²) in [5.41, 5.74) is 0. The molecule has 0 aliphatic carbocycles. The van der Waals surface area contributed by atoms with E-state index in [1.165, 1.54) is 6.08 Å². The number of hydrogen-bond acceptors (Lipinski definition) is 1. The molecule has 0 rings (SSSR count). The Morgan fingerprint density at radius 3 is 2.20 bits per heavy atom. The standard InChI is InChI=1S/C3H4IN/c1-2-3(4)5/h2,5H,1H2. The van der Waals surface area contributed by atoms with Crippen molar-refractivity contribution >= 4 is 26.3 Å². The molecule has 0 aromatic carbocycles. The summed E-state index contributed by atoms with van der Waals surface area (Å²) in [6, 6.07) is 0. The van der Waals surface area contributed by atoms with E-state index in [0.717, 1.165) is 0 Å². The van der Waals surface area contributed by atoms with Gasteiger partial charge in [-0.05, 0) is 28.7 Å². The van der Waals surface area contributed by atoms with Crippen LogP contribution in [0, 0.1) is 5.41 Å². The molecule has 0 aliphatic heterocycles. The third-order valence-corrected chi connectivity index (χ3v) is 0.620. The van der Waals surface area contributed by atoms with Crippen LogP contribution in [0.3, 0.4) is 0 Å². The van der Waals surface area contributed by atoms with E-state index in [9.17, 15) is 0 Å². The van der Waals surface area contributed by atoms with Crippen molar-refractivity contribution < 1.29 is 0 Å². The molecule has 0 saturated carbocycles. The van der Waals surface area contributed by atoms with E-state index in [1.807, 2.05) is 22.6 Å². The van der Waals surface area contributed by atoms with Crippen molar-refractivity contribution in [2.24, 2.45) is 0 Å². The van der Waals surface area contributed by atoms with E-state index in [-0.39, 0.29) is 0 Å². The Balaban J connectivity index is 3.20. The van der Waals surface area contributed by atoms with E-state index in [1.54, 1.807) is 0 Å². The summed E-state index contributed by atoms with van der Waals surface area (Å²) in [4.78, 5) is 0. The summed E-state index contributed by atoms with van der Waals surface area (Å²) < 4.78 is 0.489.